The molecule has 1 fully saturated rings. The van der Waals surface area contributed by atoms with E-state index in [0.29, 0.717) is 22.9 Å². The molecule has 4 rings (SSSR count). The summed E-state index contributed by atoms with van der Waals surface area (Å²) in [7, 11) is 0. The molecule has 9 nitrogen and oxygen atoms in total. The molecule has 0 bridgehead atoms. The molecule has 3 heterocycles. The fourth-order valence-electron chi connectivity index (χ4n) is 3.17. The van der Waals surface area contributed by atoms with Gasteiger partial charge in [0.25, 0.3) is 5.69 Å². The Balaban J connectivity index is 1.52. The molecule has 0 saturated carbocycles. The number of ether oxygens (including phenoxy) is 1. The topological polar surface area (TPSA) is 112 Å². The second-order valence-electron chi connectivity index (χ2n) is 6.39. The number of nitro groups is 1. The highest BCUT2D eigenvalue weighted by Crippen LogP contribution is 2.29. The van der Waals surface area contributed by atoms with Crippen molar-refractivity contribution in [3.8, 4) is 11.5 Å². The number of furan rings is 1. The van der Waals surface area contributed by atoms with Crippen molar-refractivity contribution in [1.82, 2.24) is 5.16 Å². The molecule has 1 aliphatic rings. The number of anilines is 1. The lowest BCUT2D eigenvalue weighted by Gasteiger charge is -2.20. The number of nitro benzene ring substituents is 1. The highest BCUT2D eigenvalue weighted by Gasteiger charge is 2.24. The zero-order chi connectivity index (χ0) is 19.5. The van der Waals surface area contributed by atoms with Gasteiger partial charge in [-0.1, -0.05) is 5.16 Å². The van der Waals surface area contributed by atoms with Crippen molar-refractivity contribution in [2.24, 2.45) is 0 Å². The molecule has 144 valence electrons. The van der Waals surface area contributed by atoms with Crippen LogP contribution in [0.3, 0.4) is 0 Å². The maximum absolute atomic E-state index is 12.7. The number of hydrogen-bond acceptors (Lipinski definition) is 8. The van der Waals surface area contributed by atoms with E-state index in [1.54, 1.807) is 24.3 Å². The van der Waals surface area contributed by atoms with Crippen LogP contribution >= 0.6 is 0 Å². The minimum Gasteiger partial charge on any atom is -0.461 e. The summed E-state index contributed by atoms with van der Waals surface area (Å²) in [5.74, 6) is 0.289. The van der Waals surface area contributed by atoms with E-state index in [-0.39, 0.29) is 17.9 Å². The van der Waals surface area contributed by atoms with Gasteiger partial charge < -0.3 is 18.6 Å². The average Bonchev–Trinajstić information content (AvgIpc) is 3.47. The molecular formula is C19H17N3O6. The molecule has 0 N–H and O–H groups in total. The molecule has 9 heteroatoms. The van der Waals surface area contributed by atoms with Crippen LogP contribution < -0.4 is 4.90 Å². The Hall–Kier alpha value is -3.62. The highest BCUT2D eigenvalue weighted by molar-refractivity contribution is 5.96. The van der Waals surface area contributed by atoms with Crippen LogP contribution in [0.25, 0.3) is 11.5 Å². The summed E-state index contributed by atoms with van der Waals surface area (Å²) in [4.78, 5) is 25.3. The Morgan fingerprint density at radius 2 is 2.04 bits per heavy atom. The van der Waals surface area contributed by atoms with Crippen LogP contribution in [0.4, 0.5) is 11.4 Å². The molecule has 1 aliphatic heterocycles. The quantitative estimate of drug-likeness (QED) is 0.359. The van der Waals surface area contributed by atoms with Crippen LogP contribution in [-0.4, -0.2) is 29.1 Å². The van der Waals surface area contributed by atoms with Crippen LogP contribution in [0.15, 0.2) is 51.6 Å². The molecule has 2 aromatic heterocycles. The van der Waals surface area contributed by atoms with Crippen molar-refractivity contribution < 1.29 is 23.4 Å². The Labute approximate surface area is 159 Å². The Morgan fingerprint density at radius 1 is 1.21 bits per heavy atom. The molecule has 0 unspecified atom stereocenters. The number of nitrogens with zero attached hydrogens (tertiary/aromatic N) is 3. The zero-order valence-electron chi connectivity index (χ0n) is 14.9. The first-order chi connectivity index (χ1) is 13.6. The second kappa shape index (κ2) is 7.55. The van der Waals surface area contributed by atoms with Crippen LogP contribution in [-0.2, 0) is 11.3 Å². The Morgan fingerprint density at radius 3 is 2.75 bits per heavy atom. The third-order valence-electron chi connectivity index (χ3n) is 4.53. The molecule has 1 saturated heterocycles. The van der Waals surface area contributed by atoms with Crippen LogP contribution in [0, 0.1) is 10.1 Å². The maximum atomic E-state index is 12.7. The summed E-state index contributed by atoms with van der Waals surface area (Å²) < 4.78 is 15.7. The summed E-state index contributed by atoms with van der Waals surface area (Å²) in [5, 5.41) is 15.0. The summed E-state index contributed by atoms with van der Waals surface area (Å²) in [6, 6.07) is 9.32. The average molecular weight is 383 g/mol. The lowest BCUT2D eigenvalue weighted by atomic mass is 10.1. The molecule has 0 spiro atoms. The standard InChI is InChI=1S/C19H17N3O6/c23-19(27-12-13-10-18(28-20-13)17-4-3-9-26-17)15-11-14(22(24)25)5-6-16(15)21-7-1-2-8-21/h3-6,9-11H,1-2,7-8,12H2. The van der Waals surface area contributed by atoms with Gasteiger partial charge in [-0.3, -0.25) is 10.1 Å². The van der Waals surface area contributed by atoms with Gasteiger partial charge in [-0.2, -0.15) is 0 Å². The van der Waals surface area contributed by atoms with Crippen LogP contribution in [0.1, 0.15) is 28.9 Å². The summed E-state index contributed by atoms with van der Waals surface area (Å²) in [6.45, 7) is 1.48. The van der Waals surface area contributed by atoms with Gasteiger partial charge in [0.05, 0.1) is 22.4 Å². The van der Waals surface area contributed by atoms with Gasteiger partial charge in [-0.15, -0.1) is 0 Å². The van der Waals surface area contributed by atoms with Crippen molar-refractivity contribution in [3.05, 3.63) is 64.0 Å². The number of rotatable bonds is 6. The van der Waals surface area contributed by atoms with Crippen molar-refractivity contribution >= 4 is 17.3 Å². The number of hydrogen-bond donors (Lipinski definition) is 0. The summed E-state index contributed by atoms with van der Waals surface area (Å²) in [6.07, 6.45) is 3.54. The third-order valence-corrected chi connectivity index (χ3v) is 4.53. The minimum atomic E-state index is -0.645. The van der Waals surface area contributed by atoms with Gasteiger partial charge in [0.1, 0.15) is 12.3 Å². The van der Waals surface area contributed by atoms with Gasteiger partial charge >= 0.3 is 5.97 Å². The lowest BCUT2D eigenvalue weighted by Crippen LogP contribution is -2.21. The van der Waals surface area contributed by atoms with E-state index in [2.05, 4.69) is 5.16 Å². The smallest absolute Gasteiger partial charge is 0.340 e. The Bertz CT molecular complexity index is 989. The van der Waals surface area contributed by atoms with E-state index in [9.17, 15) is 14.9 Å². The molecule has 0 radical (unpaired) electrons. The molecule has 0 amide bonds. The van der Waals surface area contributed by atoms with Gasteiger partial charge in [-0.25, -0.2) is 4.79 Å². The maximum Gasteiger partial charge on any atom is 0.340 e. The van der Waals surface area contributed by atoms with E-state index in [0.717, 1.165) is 25.9 Å². The van der Waals surface area contributed by atoms with Crippen molar-refractivity contribution in [2.75, 3.05) is 18.0 Å². The fourth-order valence-corrected chi connectivity index (χ4v) is 3.17. The number of esters is 1. The first kappa shape index (κ1) is 17.8. The van der Waals surface area contributed by atoms with Gasteiger partial charge in [0, 0.05) is 31.3 Å². The van der Waals surface area contributed by atoms with E-state index in [1.807, 2.05) is 4.90 Å². The molecule has 28 heavy (non-hydrogen) atoms. The van der Waals surface area contributed by atoms with E-state index in [1.165, 1.54) is 18.4 Å². The third kappa shape index (κ3) is 3.59. The number of benzene rings is 1. The van der Waals surface area contributed by atoms with E-state index in [4.69, 9.17) is 13.7 Å². The minimum absolute atomic E-state index is 0.120. The first-order valence-corrected chi connectivity index (χ1v) is 8.82. The normalized spacial score (nSPS) is 13.6. The zero-order valence-corrected chi connectivity index (χ0v) is 14.9. The second-order valence-corrected chi connectivity index (χ2v) is 6.39. The van der Waals surface area contributed by atoms with Crippen LogP contribution in [0.2, 0.25) is 0 Å². The van der Waals surface area contributed by atoms with Gasteiger partial charge in [-0.05, 0) is 31.0 Å². The predicted molar refractivity (Wildman–Crippen MR) is 97.9 cm³/mol. The summed E-state index contributed by atoms with van der Waals surface area (Å²) >= 11 is 0. The number of carbonyl (C=O) groups excluding carboxylic acids is 1. The fraction of sp³-hybridized carbons (Fsp3) is 0.263. The molecule has 0 atom stereocenters. The van der Waals surface area contributed by atoms with Gasteiger partial charge in [0.15, 0.2) is 5.76 Å². The number of carbonyl (C=O) groups is 1. The largest absolute Gasteiger partial charge is 0.461 e. The SMILES string of the molecule is O=C(OCc1cc(-c2ccco2)on1)c1cc([N+](=O)[O-])ccc1N1CCCC1. The first-order valence-electron chi connectivity index (χ1n) is 8.82. The van der Waals surface area contributed by atoms with Crippen molar-refractivity contribution in [2.45, 2.75) is 19.4 Å². The molecule has 1 aromatic carbocycles. The number of aromatic nitrogens is 1. The number of non-ortho nitro benzene ring substituents is 1. The predicted octanol–water partition coefficient (Wildman–Crippen LogP) is 3.80. The Kier molecular flexibility index (Phi) is 4.79. The van der Waals surface area contributed by atoms with E-state index < -0.39 is 10.9 Å². The lowest BCUT2D eigenvalue weighted by molar-refractivity contribution is -0.384. The van der Waals surface area contributed by atoms with Gasteiger partial charge in [0.2, 0.25) is 5.76 Å². The van der Waals surface area contributed by atoms with E-state index >= 15 is 0 Å². The molecular weight excluding hydrogens is 366 g/mol. The summed E-state index contributed by atoms with van der Waals surface area (Å²) in [5.41, 5.74) is 1.07. The van der Waals surface area contributed by atoms with Crippen molar-refractivity contribution in [1.29, 1.82) is 0 Å². The monoisotopic (exact) mass is 383 g/mol. The van der Waals surface area contributed by atoms with Crippen molar-refractivity contribution in [3.63, 3.8) is 0 Å². The molecule has 0 aliphatic carbocycles. The molecule has 3 aromatic rings. The highest BCUT2D eigenvalue weighted by atomic mass is 16.6. The van der Waals surface area contributed by atoms with Crippen LogP contribution in [0.5, 0.6) is 0 Å².